The van der Waals surface area contributed by atoms with E-state index < -0.39 is 7.94 Å². The summed E-state index contributed by atoms with van der Waals surface area (Å²) in [5, 5.41) is 0.165. The second-order valence-electron chi connectivity index (χ2n) is 2.38. The molecule has 1 unspecified atom stereocenters. The minimum absolute atomic E-state index is 0.0923. The summed E-state index contributed by atoms with van der Waals surface area (Å²) in [6.07, 6.45) is 1.54. The molecule has 5 heteroatoms. The molecule has 0 aromatic heterocycles. The molecule has 0 saturated heterocycles. The van der Waals surface area contributed by atoms with E-state index in [1.54, 1.807) is 0 Å². The van der Waals surface area contributed by atoms with Gasteiger partial charge >= 0.3 is 66.4 Å². The molecule has 0 aliphatic heterocycles. The van der Waals surface area contributed by atoms with Crippen LogP contribution in [0.5, 0.6) is 0 Å². The SMILES string of the molecule is CCC(S)CC[PH](O)(O)O. The summed E-state index contributed by atoms with van der Waals surface area (Å²) < 4.78 is 0. The maximum atomic E-state index is 8.58. The van der Waals surface area contributed by atoms with Crippen molar-refractivity contribution < 1.29 is 14.7 Å². The van der Waals surface area contributed by atoms with Crippen molar-refractivity contribution in [1.82, 2.24) is 0 Å². The van der Waals surface area contributed by atoms with E-state index >= 15 is 0 Å². The Labute approximate surface area is 67.1 Å². The van der Waals surface area contributed by atoms with Crippen LogP contribution in [0.15, 0.2) is 0 Å². The zero-order valence-electron chi connectivity index (χ0n) is 5.99. The molecule has 0 bridgehead atoms. The molecule has 0 aliphatic rings. The molecule has 10 heavy (non-hydrogen) atoms. The Balaban J connectivity index is 3.36. The van der Waals surface area contributed by atoms with Crippen LogP contribution >= 0.6 is 20.6 Å². The van der Waals surface area contributed by atoms with Crippen LogP contribution in [0, 0.1) is 0 Å². The van der Waals surface area contributed by atoms with Gasteiger partial charge in [-0.05, 0) is 0 Å². The molecular formula is C5H15O3PS. The molecule has 0 aromatic carbocycles. The van der Waals surface area contributed by atoms with Gasteiger partial charge in [0.05, 0.1) is 0 Å². The van der Waals surface area contributed by atoms with Crippen molar-refractivity contribution in [3.05, 3.63) is 0 Å². The number of hydrogen-bond acceptors (Lipinski definition) is 4. The molecular weight excluding hydrogens is 171 g/mol. The number of thiol groups is 1. The zero-order valence-corrected chi connectivity index (χ0v) is 7.88. The van der Waals surface area contributed by atoms with Crippen molar-refractivity contribution in [1.29, 1.82) is 0 Å². The van der Waals surface area contributed by atoms with Crippen LogP contribution < -0.4 is 0 Å². The third-order valence-electron chi connectivity index (χ3n) is 1.28. The van der Waals surface area contributed by atoms with Crippen molar-refractivity contribution in [2.75, 3.05) is 6.16 Å². The quantitative estimate of drug-likeness (QED) is 0.383. The van der Waals surface area contributed by atoms with Crippen LogP contribution in [-0.2, 0) is 0 Å². The first kappa shape index (κ1) is 10.7. The minimum atomic E-state index is -3.79. The Bertz CT molecular complexity index is 93.4. The maximum absolute atomic E-state index is 8.58. The summed E-state index contributed by atoms with van der Waals surface area (Å²) in [6, 6.07) is 0. The van der Waals surface area contributed by atoms with E-state index in [1.807, 2.05) is 6.92 Å². The molecule has 0 heterocycles. The Hall–Kier alpha value is 0.660. The molecule has 1 atom stereocenters. The monoisotopic (exact) mass is 186 g/mol. The average Bonchev–Trinajstić information content (AvgIpc) is 1.81. The fraction of sp³-hybridized carbons (Fsp3) is 1.00. The van der Waals surface area contributed by atoms with Gasteiger partial charge in [-0.15, -0.1) is 0 Å². The second kappa shape index (κ2) is 4.52. The Morgan fingerprint density at radius 1 is 1.40 bits per heavy atom. The van der Waals surface area contributed by atoms with E-state index in [-0.39, 0.29) is 11.4 Å². The van der Waals surface area contributed by atoms with Gasteiger partial charge in [0, 0.05) is 0 Å². The Morgan fingerprint density at radius 3 is 2.20 bits per heavy atom. The third-order valence-corrected chi connectivity index (χ3v) is 2.87. The molecule has 0 rings (SSSR count). The first-order chi connectivity index (χ1) is 4.45. The van der Waals surface area contributed by atoms with Crippen LogP contribution in [0.2, 0.25) is 0 Å². The molecule has 0 amide bonds. The Kier molecular flexibility index (Phi) is 4.82. The van der Waals surface area contributed by atoms with Crippen molar-refractivity contribution in [3.63, 3.8) is 0 Å². The van der Waals surface area contributed by atoms with Crippen LogP contribution in [0.1, 0.15) is 19.8 Å². The summed E-state index contributed by atoms with van der Waals surface area (Å²) in [5.41, 5.74) is 0. The summed E-state index contributed by atoms with van der Waals surface area (Å²) >= 11 is 4.13. The van der Waals surface area contributed by atoms with Gasteiger partial charge in [0.1, 0.15) is 0 Å². The molecule has 0 aromatic rings. The van der Waals surface area contributed by atoms with E-state index in [1.165, 1.54) is 0 Å². The van der Waals surface area contributed by atoms with Crippen molar-refractivity contribution in [2.24, 2.45) is 0 Å². The van der Waals surface area contributed by atoms with Gasteiger partial charge in [0.25, 0.3) is 0 Å². The van der Waals surface area contributed by atoms with Gasteiger partial charge in [-0.1, -0.05) is 0 Å². The fourth-order valence-electron chi connectivity index (χ4n) is 0.564. The zero-order chi connectivity index (χ0) is 8.20. The molecule has 3 N–H and O–H groups in total. The van der Waals surface area contributed by atoms with Crippen LogP contribution in [0.25, 0.3) is 0 Å². The molecule has 0 aliphatic carbocycles. The predicted octanol–water partition coefficient (Wildman–Crippen LogP) is 0.557. The topological polar surface area (TPSA) is 60.7 Å². The van der Waals surface area contributed by atoms with E-state index in [0.717, 1.165) is 6.42 Å². The van der Waals surface area contributed by atoms with Gasteiger partial charge in [0.15, 0.2) is 0 Å². The van der Waals surface area contributed by atoms with Gasteiger partial charge in [-0.3, -0.25) is 0 Å². The second-order valence-corrected chi connectivity index (χ2v) is 5.15. The van der Waals surface area contributed by atoms with Gasteiger partial charge in [-0.25, -0.2) is 0 Å². The van der Waals surface area contributed by atoms with E-state index in [2.05, 4.69) is 12.6 Å². The molecule has 0 fully saturated rings. The van der Waals surface area contributed by atoms with E-state index in [4.69, 9.17) is 14.7 Å². The van der Waals surface area contributed by atoms with Crippen LogP contribution in [-0.4, -0.2) is 26.1 Å². The summed E-state index contributed by atoms with van der Waals surface area (Å²) in [7, 11) is -3.79. The molecule has 0 radical (unpaired) electrons. The van der Waals surface area contributed by atoms with Crippen molar-refractivity contribution >= 4 is 20.6 Å². The Morgan fingerprint density at radius 2 is 1.90 bits per heavy atom. The fourth-order valence-corrected chi connectivity index (χ4v) is 1.67. The van der Waals surface area contributed by atoms with Crippen molar-refractivity contribution in [2.45, 2.75) is 25.0 Å². The van der Waals surface area contributed by atoms with Crippen LogP contribution in [0.4, 0.5) is 0 Å². The normalized spacial score (nSPS) is 16.9. The van der Waals surface area contributed by atoms with Gasteiger partial charge in [-0.2, -0.15) is 0 Å². The first-order valence-electron chi connectivity index (χ1n) is 3.31. The van der Waals surface area contributed by atoms with Gasteiger partial charge in [0.2, 0.25) is 0 Å². The van der Waals surface area contributed by atoms with Crippen molar-refractivity contribution in [3.8, 4) is 0 Å². The molecule has 3 nitrogen and oxygen atoms in total. The molecule has 0 spiro atoms. The standard InChI is InChI=1S/C5H15O3PS/c1-2-5(10)3-4-9(6,7)8/h5-10H,2-4H2,1H3. The summed E-state index contributed by atoms with van der Waals surface area (Å²) in [4.78, 5) is 25.7. The number of hydrogen-bond donors (Lipinski definition) is 4. The van der Waals surface area contributed by atoms with Gasteiger partial charge < -0.3 is 0 Å². The summed E-state index contributed by atoms with van der Waals surface area (Å²) in [5.74, 6) is 0. The van der Waals surface area contributed by atoms with E-state index in [9.17, 15) is 0 Å². The third kappa shape index (κ3) is 6.78. The average molecular weight is 186 g/mol. The van der Waals surface area contributed by atoms with Crippen LogP contribution in [0.3, 0.4) is 0 Å². The first-order valence-corrected chi connectivity index (χ1v) is 5.87. The molecule has 64 valence electrons. The van der Waals surface area contributed by atoms with E-state index in [0.29, 0.717) is 6.42 Å². The summed E-state index contributed by atoms with van der Waals surface area (Å²) in [6.45, 7) is 1.97. The molecule has 0 saturated carbocycles. The number of rotatable bonds is 4. The predicted molar refractivity (Wildman–Crippen MR) is 47.5 cm³/mol.